The molecule has 0 aliphatic heterocycles. The quantitative estimate of drug-likeness (QED) is 0.666. The molecule has 28 heavy (non-hydrogen) atoms. The van der Waals surface area contributed by atoms with Crippen molar-refractivity contribution in [1.29, 1.82) is 0 Å². The van der Waals surface area contributed by atoms with Crippen LogP contribution in [0.2, 0.25) is 0 Å². The first-order valence-electron chi connectivity index (χ1n) is 8.88. The zero-order chi connectivity index (χ0) is 20.4. The van der Waals surface area contributed by atoms with Crippen molar-refractivity contribution in [3.8, 4) is 5.75 Å². The predicted molar refractivity (Wildman–Crippen MR) is 103 cm³/mol. The first-order chi connectivity index (χ1) is 13.5. The molecule has 148 valence electrons. The van der Waals surface area contributed by atoms with Crippen LogP contribution in [0.4, 0.5) is 0 Å². The molecule has 0 bridgehead atoms. The second kappa shape index (κ2) is 10.7. The van der Waals surface area contributed by atoms with E-state index in [-0.39, 0.29) is 19.1 Å². The number of ether oxygens (including phenoxy) is 2. The zero-order valence-corrected chi connectivity index (χ0v) is 16.0. The van der Waals surface area contributed by atoms with Crippen LogP contribution in [0, 0.1) is 0 Å². The highest BCUT2D eigenvalue weighted by atomic mass is 16.5. The fourth-order valence-electron chi connectivity index (χ4n) is 2.42. The van der Waals surface area contributed by atoms with Crippen LogP contribution in [0.1, 0.15) is 12.5 Å². The van der Waals surface area contributed by atoms with Gasteiger partial charge in [0, 0.05) is 13.6 Å². The van der Waals surface area contributed by atoms with Crippen molar-refractivity contribution >= 4 is 17.8 Å². The van der Waals surface area contributed by atoms with E-state index in [0.29, 0.717) is 12.3 Å². The summed E-state index contributed by atoms with van der Waals surface area (Å²) in [6.07, 6.45) is -0.946. The van der Waals surface area contributed by atoms with Crippen molar-refractivity contribution in [2.45, 2.75) is 19.6 Å². The molecule has 0 saturated heterocycles. The van der Waals surface area contributed by atoms with Gasteiger partial charge in [-0.1, -0.05) is 48.5 Å². The number of likely N-dealkylation sites (N-methyl/N-ethyl adjacent to an activating group) is 1. The first kappa shape index (κ1) is 21.0. The topological polar surface area (TPSA) is 84.9 Å². The van der Waals surface area contributed by atoms with Gasteiger partial charge in [0.25, 0.3) is 11.8 Å². The third-order valence-electron chi connectivity index (χ3n) is 3.84. The Kier molecular flexibility index (Phi) is 8.02. The van der Waals surface area contributed by atoms with Crippen LogP contribution >= 0.6 is 0 Å². The average Bonchev–Trinajstić information content (AvgIpc) is 2.71. The van der Waals surface area contributed by atoms with Crippen molar-refractivity contribution in [3.63, 3.8) is 0 Å². The van der Waals surface area contributed by atoms with Gasteiger partial charge in [-0.05, 0) is 24.6 Å². The Balaban J connectivity index is 1.69. The molecule has 2 aromatic rings. The Morgan fingerprint density at radius 3 is 2.25 bits per heavy atom. The van der Waals surface area contributed by atoms with E-state index in [0.717, 1.165) is 5.56 Å². The maximum Gasteiger partial charge on any atom is 0.326 e. The van der Waals surface area contributed by atoms with E-state index in [4.69, 9.17) is 9.47 Å². The van der Waals surface area contributed by atoms with Crippen LogP contribution < -0.4 is 10.1 Å². The molecular weight excluding hydrogens is 360 g/mol. The summed E-state index contributed by atoms with van der Waals surface area (Å²) >= 11 is 0. The second-order valence-electron chi connectivity index (χ2n) is 6.19. The molecule has 0 aliphatic carbocycles. The van der Waals surface area contributed by atoms with Crippen molar-refractivity contribution < 1.29 is 23.9 Å². The number of amides is 2. The highest BCUT2D eigenvalue weighted by Gasteiger charge is 2.21. The summed E-state index contributed by atoms with van der Waals surface area (Å²) in [7, 11) is 1.64. The third kappa shape index (κ3) is 7.11. The first-order valence-corrected chi connectivity index (χ1v) is 8.88. The summed E-state index contributed by atoms with van der Waals surface area (Å²) in [4.78, 5) is 37.4. The fraction of sp³-hybridized carbons (Fsp3) is 0.286. The number of para-hydroxylation sites is 1. The Morgan fingerprint density at radius 1 is 1.00 bits per heavy atom. The minimum absolute atomic E-state index is 0.217. The van der Waals surface area contributed by atoms with Gasteiger partial charge in [-0.3, -0.25) is 14.4 Å². The number of carbonyl (C=O) groups is 3. The molecule has 0 unspecified atom stereocenters. The second-order valence-corrected chi connectivity index (χ2v) is 6.19. The maximum absolute atomic E-state index is 12.3. The van der Waals surface area contributed by atoms with E-state index in [9.17, 15) is 14.4 Å². The Labute approximate surface area is 164 Å². The predicted octanol–water partition coefficient (Wildman–Crippen LogP) is 1.77. The number of nitrogens with one attached hydrogen (secondary N) is 1. The number of carbonyl (C=O) groups excluding carboxylic acids is 3. The molecule has 0 aromatic heterocycles. The number of nitrogens with zero attached hydrogens (tertiary/aromatic N) is 1. The van der Waals surface area contributed by atoms with Crippen LogP contribution in [0.15, 0.2) is 60.7 Å². The van der Waals surface area contributed by atoms with Gasteiger partial charge in [-0.25, -0.2) is 0 Å². The van der Waals surface area contributed by atoms with Crippen molar-refractivity contribution in [2.75, 3.05) is 20.2 Å². The van der Waals surface area contributed by atoms with E-state index < -0.39 is 18.0 Å². The number of hydrogen-bond donors (Lipinski definition) is 1. The SMILES string of the molecule is C[C@H](OC(=O)CNC(=O)COc1ccccc1)C(=O)N(C)Cc1ccccc1. The molecular formula is C21H24N2O5. The van der Waals surface area contributed by atoms with Crippen molar-refractivity contribution in [3.05, 3.63) is 66.2 Å². The molecule has 0 radical (unpaired) electrons. The van der Waals surface area contributed by atoms with E-state index in [1.165, 1.54) is 11.8 Å². The lowest BCUT2D eigenvalue weighted by Crippen LogP contribution is -2.40. The number of rotatable bonds is 9. The van der Waals surface area contributed by atoms with Crippen LogP contribution in [-0.4, -0.2) is 49.0 Å². The van der Waals surface area contributed by atoms with Crippen molar-refractivity contribution in [1.82, 2.24) is 10.2 Å². The Hall–Kier alpha value is -3.35. The molecule has 2 amide bonds. The molecule has 2 aromatic carbocycles. The molecule has 7 nitrogen and oxygen atoms in total. The number of esters is 1. The highest BCUT2D eigenvalue weighted by molar-refractivity contribution is 5.86. The van der Waals surface area contributed by atoms with E-state index in [1.807, 2.05) is 36.4 Å². The largest absolute Gasteiger partial charge is 0.484 e. The molecule has 0 aliphatic rings. The average molecular weight is 384 g/mol. The van der Waals surface area contributed by atoms with E-state index in [2.05, 4.69) is 5.32 Å². The molecule has 7 heteroatoms. The summed E-state index contributed by atoms with van der Waals surface area (Å²) in [6.45, 7) is 1.36. The standard InChI is InChI=1S/C21H24N2O5/c1-16(21(26)23(2)14-17-9-5-3-6-10-17)28-20(25)13-22-19(24)15-27-18-11-7-4-8-12-18/h3-12,16H,13-15H2,1-2H3,(H,22,24)/t16-/m0/s1. The van der Waals surface area contributed by atoms with Gasteiger partial charge in [0.15, 0.2) is 12.7 Å². The number of benzene rings is 2. The van der Waals surface area contributed by atoms with Crippen LogP contribution in [0.5, 0.6) is 5.75 Å². The van der Waals surface area contributed by atoms with Crippen LogP contribution in [-0.2, 0) is 25.7 Å². The van der Waals surface area contributed by atoms with Gasteiger partial charge >= 0.3 is 5.97 Å². The Bertz CT molecular complexity index is 780. The summed E-state index contributed by atoms with van der Waals surface area (Å²) in [5, 5.41) is 2.40. The molecule has 2 rings (SSSR count). The Morgan fingerprint density at radius 2 is 1.61 bits per heavy atom. The highest BCUT2D eigenvalue weighted by Crippen LogP contribution is 2.08. The third-order valence-corrected chi connectivity index (χ3v) is 3.84. The lowest BCUT2D eigenvalue weighted by Gasteiger charge is -2.21. The molecule has 1 N–H and O–H groups in total. The molecule has 0 heterocycles. The van der Waals surface area contributed by atoms with Gasteiger partial charge in [0.05, 0.1) is 0 Å². The summed E-state index contributed by atoms with van der Waals surface area (Å²) in [5.74, 6) is -0.917. The lowest BCUT2D eigenvalue weighted by molar-refractivity contribution is -0.158. The molecule has 1 atom stereocenters. The van der Waals surface area contributed by atoms with Gasteiger partial charge in [-0.15, -0.1) is 0 Å². The van der Waals surface area contributed by atoms with Gasteiger partial charge in [0.1, 0.15) is 12.3 Å². The number of hydrogen-bond acceptors (Lipinski definition) is 5. The fourth-order valence-corrected chi connectivity index (χ4v) is 2.42. The minimum atomic E-state index is -0.946. The molecule has 0 spiro atoms. The molecule has 0 saturated carbocycles. The summed E-state index contributed by atoms with van der Waals surface area (Å²) in [5.41, 5.74) is 0.975. The normalized spacial score (nSPS) is 11.2. The smallest absolute Gasteiger partial charge is 0.326 e. The maximum atomic E-state index is 12.3. The molecule has 0 fully saturated rings. The monoisotopic (exact) mass is 384 g/mol. The van der Waals surface area contributed by atoms with Crippen LogP contribution in [0.3, 0.4) is 0 Å². The van der Waals surface area contributed by atoms with Crippen molar-refractivity contribution in [2.24, 2.45) is 0 Å². The van der Waals surface area contributed by atoms with E-state index in [1.54, 1.807) is 31.3 Å². The van der Waals surface area contributed by atoms with Gasteiger partial charge in [0.2, 0.25) is 0 Å². The zero-order valence-electron chi connectivity index (χ0n) is 16.0. The van der Waals surface area contributed by atoms with Gasteiger partial charge in [-0.2, -0.15) is 0 Å². The lowest BCUT2D eigenvalue weighted by atomic mass is 10.2. The van der Waals surface area contributed by atoms with Crippen LogP contribution in [0.25, 0.3) is 0 Å². The summed E-state index contributed by atoms with van der Waals surface area (Å²) in [6, 6.07) is 18.4. The van der Waals surface area contributed by atoms with E-state index >= 15 is 0 Å². The minimum Gasteiger partial charge on any atom is -0.484 e. The van der Waals surface area contributed by atoms with Gasteiger partial charge < -0.3 is 19.7 Å². The summed E-state index contributed by atoms with van der Waals surface area (Å²) < 4.78 is 10.4.